The van der Waals surface area contributed by atoms with E-state index in [2.05, 4.69) is 0 Å². The van der Waals surface area contributed by atoms with E-state index >= 15 is 0 Å². The smallest absolute Gasteiger partial charge is 0.327 e. The Kier molecular flexibility index (Phi) is 5.95. The van der Waals surface area contributed by atoms with Crippen LogP contribution in [0.25, 0.3) is 0 Å². The Bertz CT molecular complexity index is 622. The van der Waals surface area contributed by atoms with Crippen molar-refractivity contribution in [1.29, 1.82) is 0 Å². The van der Waals surface area contributed by atoms with Crippen LogP contribution in [0, 0.1) is 0 Å². The lowest BCUT2D eigenvalue weighted by molar-refractivity contribution is -0.148. The number of hydrogen-bond donors (Lipinski definition) is 2. The lowest BCUT2D eigenvalue weighted by Gasteiger charge is -2.25. The van der Waals surface area contributed by atoms with Gasteiger partial charge < -0.3 is 15.1 Å². The summed E-state index contributed by atoms with van der Waals surface area (Å²) < 4.78 is 0. The molecule has 1 unspecified atom stereocenters. The summed E-state index contributed by atoms with van der Waals surface area (Å²) in [5.41, 5.74) is 0.727. The molecule has 1 aliphatic heterocycles. The highest BCUT2D eigenvalue weighted by atomic mass is 32.2. The molecule has 2 rings (SSSR count). The van der Waals surface area contributed by atoms with Gasteiger partial charge in [0.25, 0.3) is 0 Å². The predicted molar refractivity (Wildman–Crippen MR) is 88.8 cm³/mol. The van der Waals surface area contributed by atoms with E-state index in [0.29, 0.717) is 11.6 Å². The van der Waals surface area contributed by atoms with Gasteiger partial charge in [0, 0.05) is 10.6 Å². The molecule has 8 heteroatoms. The standard InChI is InChI=1S/C15H17NO5S2/c1-9(14(19)16-8-22-6-11(16)15(20)21)10-4-2-3-5-12(10)23-7-13(17)18/h2-5,9,11H,6-8H2,1H3,(H,17,18)(H,20,21)/t9?,11-/m0/s1. The quantitative estimate of drug-likeness (QED) is 0.753. The molecule has 2 atom stereocenters. The molecule has 124 valence electrons. The van der Waals surface area contributed by atoms with Crippen molar-refractivity contribution in [3.05, 3.63) is 29.8 Å². The summed E-state index contributed by atoms with van der Waals surface area (Å²) in [5, 5.41) is 18.0. The van der Waals surface area contributed by atoms with E-state index in [1.807, 2.05) is 0 Å². The Morgan fingerprint density at radius 3 is 2.70 bits per heavy atom. The van der Waals surface area contributed by atoms with Crippen LogP contribution >= 0.6 is 23.5 Å². The molecule has 0 radical (unpaired) electrons. The van der Waals surface area contributed by atoms with Crippen molar-refractivity contribution in [3.63, 3.8) is 0 Å². The summed E-state index contributed by atoms with van der Waals surface area (Å²) >= 11 is 2.58. The molecule has 1 fully saturated rings. The van der Waals surface area contributed by atoms with Crippen LogP contribution in [0.1, 0.15) is 18.4 Å². The van der Waals surface area contributed by atoms with Crippen LogP contribution in [0.2, 0.25) is 0 Å². The molecule has 2 N–H and O–H groups in total. The normalized spacial score (nSPS) is 18.7. The molecular formula is C15H17NO5S2. The van der Waals surface area contributed by atoms with Crippen LogP contribution in [0.4, 0.5) is 0 Å². The van der Waals surface area contributed by atoms with Crippen LogP contribution in [-0.2, 0) is 14.4 Å². The van der Waals surface area contributed by atoms with E-state index in [1.165, 1.54) is 16.7 Å². The highest BCUT2D eigenvalue weighted by Crippen LogP contribution is 2.32. The number of nitrogens with zero attached hydrogens (tertiary/aromatic N) is 1. The van der Waals surface area contributed by atoms with Crippen LogP contribution in [-0.4, -0.2) is 56.4 Å². The van der Waals surface area contributed by atoms with Crippen molar-refractivity contribution in [2.75, 3.05) is 17.4 Å². The second kappa shape index (κ2) is 7.74. The van der Waals surface area contributed by atoms with E-state index in [0.717, 1.165) is 22.2 Å². The van der Waals surface area contributed by atoms with Crippen molar-refractivity contribution in [2.45, 2.75) is 23.8 Å². The average molecular weight is 355 g/mol. The fraction of sp³-hybridized carbons (Fsp3) is 0.400. The first-order valence-corrected chi connectivity index (χ1v) is 9.10. The zero-order chi connectivity index (χ0) is 17.0. The fourth-order valence-electron chi connectivity index (χ4n) is 2.36. The van der Waals surface area contributed by atoms with Crippen LogP contribution in [0.3, 0.4) is 0 Å². The van der Waals surface area contributed by atoms with Crippen molar-refractivity contribution < 1.29 is 24.6 Å². The van der Waals surface area contributed by atoms with E-state index in [1.54, 1.807) is 31.2 Å². The van der Waals surface area contributed by atoms with E-state index in [9.17, 15) is 19.5 Å². The summed E-state index contributed by atoms with van der Waals surface area (Å²) in [6, 6.07) is 6.34. The van der Waals surface area contributed by atoms with Gasteiger partial charge in [0.1, 0.15) is 6.04 Å². The molecule has 1 aromatic carbocycles. The fourth-order valence-corrected chi connectivity index (χ4v) is 4.38. The molecule has 1 heterocycles. The Hall–Kier alpha value is -1.67. The van der Waals surface area contributed by atoms with Gasteiger partial charge in [-0.05, 0) is 18.6 Å². The Morgan fingerprint density at radius 2 is 2.04 bits per heavy atom. The second-order valence-corrected chi connectivity index (χ2v) is 7.12. The van der Waals surface area contributed by atoms with E-state index in [-0.39, 0.29) is 11.7 Å². The van der Waals surface area contributed by atoms with Gasteiger partial charge in [-0.15, -0.1) is 23.5 Å². The SMILES string of the molecule is CC(C(=O)N1CSC[C@H]1C(=O)O)c1ccccc1SCC(=O)O. The lowest BCUT2D eigenvalue weighted by Crippen LogP contribution is -2.43. The number of carboxylic acid groups (broad SMARTS) is 2. The van der Waals surface area contributed by atoms with Gasteiger partial charge in [-0.3, -0.25) is 9.59 Å². The monoisotopic (exact) mass is 355 g/mol. The van der Waals surface area contributed by atoms with Crippen molar-refractivity contribution in [2.24, 2.45) is 0 Å². The van der Waals surface area contributed by atoms with Gasteiger partial charge in [-0.25, -0.2) is 4.79 Å². The highest BCUT2D eigenvalue weighted by Gasteiger charge is 2.37. The molecule has 0 bridgehead atoms. The molecule has 1 saturated heterocycles. The minimum absolute atomic E-state index is 0.0881. The number of carbonyl (C=O) groups excluding carboxylic acids is 1. The molecule has 1 aromatic rings. The number of thioether (sulfide) groups is 2. The Labute approximate surface area is 142 Å². The van der Waals surface area contributed by atoms with Gasteiger partial charge in [-0.1, -0.05) is 18.2 Å². The largest absolute Gasteiger partial charge is 0.481 e. The number of amides is 1. The molecule has 0 aliphatic carbocycles. The van der Waals surface area contributed by atoms with Crippen LogP contribution < -0.4 is 0 Å². The summed E-state index contributed by atoms with van der Waals surface area (Å²) in [5.74, 6) is -2.02. The minimum Gasteiger partial charge on any atom is -0.481 e. The third-order valence-corrected chi connectivity index (χ3v) is 5.64. The molecule has 1 aliphatic rings. The topological polar surface area (TPSA) is 94.9 Å². The second-order valence-electron chi connectivity index (χ2n) is 5.10. The van der Waals surface area contributed by atoms with Gasteiger partial charge in [-0.2, -0.15) is 0 Å². The van der Waals surface area contributed by atoms with Crippen LogP contribution in [0.5, 0.6) is 0 Å². The molecule has 23 heavy (non-hydrogen) atoms. The first-order chi connectivity index (χ1) is 10.9. The molecule has 6 nitrogen and oxygen atoms in total. The minimum atomic E-state index is -0.996. The first kappa shape index (κ1) is 17.7. The summed E-state index contributed by atoms with van der Waals surface area (Å²) in [6.45, 7) is 1.73. The zero-order valence-corrected chi connectivity index (χ0v) is 14.1. The average Bonchev–Trinajstić information content (AvgIpc) is 3.01. The number of hydrogen-bond acceptors (Lipinski definition) is 5. The van der Waals surface area contributed by atoms with Gasteiger partial charge in [0.05, 0.1) is 17.5 Å². The summed E-state index contributed by atoms with van der Waals surface area (Å²) in [7, 11) is 0. The van der Waals surface area contributed by atoms with Crippen LogP contribution in [0.15, 0.2) is 29.2 Å². The maximum atomic E-state index is 12.7. The van der Waals surface area contributed by atoms with E-state index in [4.69, 9.17) is 5.11 Å². The van der Waals surface area contributed by atoms with Crippen molar-refractivity contribution in [1.82, 2.24) is 4.90 Å². The lowest BCUT2D eigenvalue weighted by atomic mass is 9.99. The number of rotatable bonds is 6. The Balaban J connectivity index is 2.19. The summed E-state index contributed by atoms with van der Waals surface area (Å²) in [4.78, 5) is 36.8. The highest BCUT2D eigenvalue weighted by molar-refractivity contribution is 8.00. The summed E-state index contributed by atoms with van der Waals surface area (Å²) in [6.07, 6.45) is 0. The predicted octanol–water partition coefficient (Wildman–Crippen LogP) is 1.95. The third-order valence-electron chi connectivity index (χ3n) is 3.56. The molecule has 1 amide bonds. The van der Waals surface area contributed by atoms with Crippen molar-refractivity contribution in [3.8, 4) is 0 Å². The number of carbonyl (C=O) groups is 3. The third kappa shape index (κ3) is 4.20. The maximum absolute atomic E-state index is 12.7. The van der Waals surface area contributed by atoms with Gasteiger partial charge in [0.2, 0.25) is 5.91 Å². The molecule has 0 aromatic heterocycles. The number of benzene rings is 1. The molecular weight excluding hydrogens is 338 g/mol. The van der Waals surface area contributed by atoms with Gasteiger partial charge >= 0.3 is 11.9 Å². The van der Waals surface area contributed by atoms with Gasteiger partial charge in [0.15, 0.2) is 0 Å². The molecule has 0 saturated carbocycles. The first-order valence-electron chi connectivity index (χ1n) is 6.96. The van der Waals surface area contributed by atoms with Crippen molar-refractivity contribution >= 4 is 41.4 Å². The molecule has 0 spiro atoms. The zero-order valence-electron chi connectivity index (χ0n) is 12.5. The number of carboxylic acids is 2. The maximum Gasteiger partial charge on any atom is 0.327 e. The number of aliphatic carboxylic acids is 2. The van der Waals surface area contributed by atoms with E-state index < -0.39 is 23.9 Å². The Morgan fingerprint density at radius 1 is 1.35 bits per heavy atom.